The van der Waals surface area contributed by atoms with Crippen molar-refractivity contribution < 1.29 is 4.84 Å². The monoisotopic (exact) mass is 318 g/mol. The summed E-state index contributed by atoms with van der Waals surface area (Å²) in [5.41, 5.74) is 9.26. The molecule has 1 aliphatic rings. The molecule has 0 aliphatic heterocycles. The number of benzene rings is 2. The highest BCUT2D eigenvalue weighted by Crippen LogP contribution is 2.33. The summed E-state index contributed by atoms with van der Waals surface area (Å²) in [6.07, 6.45) is 5.51. The number of aromatic nitrogens is 1. The van der Waals surface area contributed by atoms with Crippen LogP contribution in [0.15, 0.2) is 54.6 Å². The zero-order valence-corrected chi connectivity index (χ0v) is 13.8. The predicted octanol–water partition coefficient (Wildman–Crippen LogP) is 4.70. The predicted molar refractivity (Wildman–Crippen MR) is 98.1 cm³/mol. The van der Waals surface area contributed by atoms with Crippen LogP contribution < -0.4 is 5.48 Å². The Morgan fingerprint density at radius 1 is 0.917 bits per heavy atom. The van der Waals surface area contributed by atoms with E-state index in [4.69, 9.17) is 9.82 Å². The quantitative estimate of drug-likeness (QED) is 0.547. The maximum Gasteiger partial charge on any atom is 0.0786 e. The van der Waals surface area contributed by atoms with Gasteiger partial charge in [-0.3, -0.25) is 15.3 Å². The van der Waals surface area contributed by atoms with Gasteiger partial charge in [0.15, 0.2) is 0 Å². The van der Waals surface area contributed by atoms with Crippen molar-refractivity contribution in [2.24, 2.45) is 0 Å². The molecule has 122 valence electrons. The Morgan fingerprint density at radius 2 is 1.71 bits per heavy atom. The van der Waals surface area contributed by atoms with E-state index in [1.165, 1.54) is 29.7 Å². The van der Waals surface area contributed by atoms with Gasteiger partial charge in [-0.25, -0.2) is 0 Å². The molecule has 3 heteroatoms. The van der Waals surface area contributed by atoms with E-state index in [1.807, 2.05) is 12.1 Å². The van der Waals surface area contributed by atoms with E-state index in [2.05, 4.69) is 47.9 Å². The lowest BCUT2D eigenvalue weighted by atomic mass is 9.93. The van der Waals surface area contributed by atoms with Crippen LogP contribution in [-0.4, -0.2) is 11.6 Å². The smallest absolute Gasteiger partial charge is 0.0786 e. The number of rotatable bonds is 5. The van der Waals surface area contributed by atoms with E-state index in [0.717, 1.165) is 35.9 Å². The minimum absolute atomic E-state index is 0.648. The van der Waals surface area contributed by atoms with E-state index in [9.17, 15) is 0 Å². The van der Waals surface area contributed by atoms with Crippen molar-refractivity contribution >= 4 is 16.6 Å². The standard InChI is InChI=1S/C21H22N2O/c1-2-8-16(9-3-1)14-15-24-23-21-17-10-4-6-12-19(17)22-20-13-7-5-11-18(20)21/h1-4,6,8-10,12H,5,7,11,13-15H2,(H,22,23). The molecule has 1 aromatic heterocycles. The highest BCUT2D eigenvalue weighted by Gasteiger charge is 2.18. The van der Waals surface area contributed by atoms with Gasteiger partial charge in [0.05, 0.1) is 17.8 Å². The van der Waals surface area contributed by atoms with Crippen molar-refractivity contribution in [3.63, 3.8) is 0 Å². The molecule has 0 fully saturated rings. The second kappa shape index (κ2) is 7.02. The molecule has 1 aliphatic carbocycles. The molecule has 4 rings (SSSR count). The molecule has 0 spiro atoms. The summed E-state index contributed by atoms with van der Waals surface area (Å²) in [5.74, 6) is 0. The summed E-state index contributed by atoms with van der Waals surface area (Å²) in [5, 5.41) is 1.15. The lowest BCUT2D eigenvalue weighted by Gasteiger charge is -2.21. The molecule has 1 heterocycles. The van der Waals surface area contributed by atoms with E-state index >= 15 is 0 Å². The second-order valence-corrected chi connectivity index (χ2v) is 6.32. The van der Waals surface area contributed by atoms with Crippen LogP contribution in [0.3, 0.4) is 0 Å². The molecule has 0 saturated heterocycles. The van der Waals surface area contributed by atoms with Crippen molar-refractivity contribution in [2.45, 2.75) is 32.1 Å². The van der Waals surface area contributed by atoms with E-state index in [0.29, 0.717) is 6.61 Å². The van der Waals surface area contributed by atoms with Crippen LogP contribution in [0.5, 0.6) is 0 Å². The molecule has 0 bridgehead atoms. The largest absolute Gasteiger partial charge is 0.276 e. The molecule has 24 heavy (non-hydrogen) atoms. The van der Waals surface area contributed by atoms with Gasteiger partial charge in [-0.1, -0.05) is 48.5 Å². The first-order valence-corrected chi connectivity index (χ1v) is 8.74. The van der Waals surface area contributed by atoms with Crippen LogP contribution in [0, 0.1) is 0 Å². The van der Waals surface area contributed by atoms with Crippen LogP contribution in [0.25, 0.3) is 10.9 Å². The lowest BCUT2D eigenvalue weighted by molar-refractivity contribution is 0.197. The van der Waals surface area contributed by atoms with Crippen molar-refractivity contribution in [3.8, 4) is 0 Å². The Bertz CT molecular complexity index is 830. The van der Waals surface area contributed by atoms with Gasteiger partial charge in [0, 0.05) is 11.1 Å². The number of nitrogens with one attached hydrogen (secondary N) is 1. The summed E-state index contributed by atoms with van der Waals surface area (Å²) in [6, 6.07) is 18.8. The molecule has 1 N–H and O–H groups in total. The molecule has 0 amide bonds. The van der Waals surface area contributed by atoms with Gasteiger partial charge < -0.3 is 0 Å². The molecule has 0 saturated carbocycles. The molecule has 0 atom stereocenters. The van der Waals surface area contributed by atoms with Crippen LogP contribution in [0.1, 0.15) is 29.7 Å². The first kappa shape index (κ1) is 15.2. The Kier molecular flexibility index (Phi) is 4.43. The summed E-state index contributed by atoms with van der Waals surface area (Å²) < 4.78 is 0. The average Bonchev–Trinajstić information content (AvgIpc) is 2.65. The molecule has 3 aromatic rings. The van der Waals surface area contributed by atoms with Crippen molar-refractivity contribution in [2.75, 3.05) is 12.1 Å². The number of aryl methyl sites for hydroxylation is 1. The van der Waals surface area contributed by atoms with Crippen LogP contribution >= 0.6 is 0 Å². The topological polar surface area (TPSA) is 34.1 Å². The van der Waals surface area contributed by atoms with Gasteiger partial charge in [0.2, 0.25) is 0 Å². The average molecular weight is 318 g/mol. The minimum Gasteiger partial charge on any atom is -0.276 e. The Balaban J connectivity index is 1.54. The maximum atomic E-state index is 5.82. The number of para-hydroxylation sites is 1. The van der Waals surface area contributed by atoms with Crippen LogP contribution in [-0.2, 0) is 24.1 Å². The fourth-order valence-corrected chi connectivity index (χ4v) is 3.43. The van der Waals surface area contributed by atoms with Crippen LogP contribution in [0.2, 0.25) is 0 Å². The van der Waals surface area contributed by atoms with Crippen LogP contribution in [0.4, 0.5) is 5.69 Å². The van der Waals surface area contributed by atoms with Crippen molar-refractivity contribution in [1.29, 1.82) is 0 Å². The third-order valence-corrected chi connectivity index (χ3v) is 4.68. The molecule has 0 unspecified atom stereocenters. The lowest BCUT2D eigenvalue weighted by Crippen LogP contribution is -2.13. The number of hydrogen-bond donors (Lipinski definition) is 1. The number of fused-ring (bicyclic) bond motifs is 2. The van der Waals surface area contributed by atoms with Gasteiger partial charge in [0.1, 0.15) is 0 Å². The summed E-state index contributed by atoms with van der Waals surface area (Å²) in [7, 11) is 0. The fourth-order valence-electron chi connectivity index (χ4n) is 3.43. The molecular weight excluding hydrogens is 296 g/mol. The first-order valence-electron chi connectivity index (χ1n) is 8.74. The highest BCUT2D eigenvalue weighted by molar-refractivity contribution is 5.93. The number of hydrogen-bond acceptors (Lipinski definition) is 3. The summed E-state index contributed by atoms with van der Waals surface area (Å²) in [4.78, 5) is 10.7. The third-order valence-electron chi connectivity index (χ3n) is 4.68. The number of anilines is 1. The Labute approximate surface area is 142 Å². The second-order valence-electron chi connectivity index (χ2n) is 6.32. The Morgan fingerprint density at radius 3 is 2.62 bits per heavy atom. The van der Waals surface area contributed by atoms with Gasteiger partial charge in [-0.05, 0) is 49.3 Å². The molecule has 3 nitrogen and oxygen atoms in total. The van der Waals surface area contributed by atoms with E-state index < -0.39 is 0 Å². The number of nitrogens with zero attached hydrogens (tertiary/aromatic N) is 1. The van der Waals surface area contributed by atoms with E-state index in [-0.39, 0.29) is 0 Å². The third kappa shape index (κ3) is 3.13. The highest BCUT2D eigenvalue weighted by atomic mass is 16.6. The van der Waals surface area contributed by atoms with Crippen molar-refractivity contribution in [3.05, 3.63) is 71.4 Å². The Hall–Kier alpha value is -2.39. The van der Waals surface area contributed by atoms with Gasteiger partial charge in [-0.15, -0.1) is 0 Å². The SMILES string of the molecule is c1ccc(CCONc2c3c(nc4ccccc24)CCCC3)cc1. The summed E-state index contributed by atoms with van der Waals surface area (Å²) in [6.45, 7) is 0.648. The molecule has 0 radical (unpaired) electrons. The van der Waals surface area contributed by atoms with Crippen molar-refractivity contribution in [1.82, 2.24) is 4.98 Å². The number of pyridine rings is 1. The van der Waals surface area contributed by atoms with Gasteiger partial charge >= 0.3 is 0 Å². The normalized spacial score (nSPS) is 13.7. The fraction of sp³-hybridized carbons (Fsp3) is 0.286. The maximum absolute atomic E-state index is 5.82. The first-order chi connectivity index (χ1) is 11.9. The van der Waals surface area contributed by atoms with Gasteiger partial charge in [0.25, 0.3) is 0 Å². The zero-order valence-electron chi connectivity index (χ0n) is 13.8. The minimum atomic E-state index is 0.648. The zero-order chi connectivity index (χ0) is 16.2. The molecular formula is C21H22N2O. The summed E-state index contributed by atoms with van der Waals surface area (Å²) >= 11 is 0. The van der Waals surface area contributed by atoms with Gasteiger partial charge in [-0.2, -0.15) is 0 Å². The molecule has 2 aromatic carbocycles. The van der Waals surface area contributed by atoms with E-state index in [1.54, 1.807) is 0 Å².